The fraction of sp³-hybridized carbons (Fsp3) is 0.500. The highest BCUT2D eigenvalue weighted by atomic mass is 35.5. The molecule has 1 aromatic rings. The number of methoxy groups -OCH3 is 1. The van der Waals surface area contributed by atoms with Crippen LogP contribution >= 0.6 is 12.4 Å². The van der Waals surface area contributed by atoms with Crippen LogP contribution in [0, 0.1) is 5.41 Å². The fourth-order valence-corrected chi connectivity index (χ4v) is 3.14. The molecule has 0 spiro atoms. The maximum Gasteiger partial charge on any atom is 0.433 e. The third kappa shape index (κ3) is 9.23. The lowest BCUT2D eigenvalue weighted by molar-refractivity contribution is -0.140. The number of likely N-dealkylation sites (N-methyl/N-ethyl adjacent to an activating group) is 2. The van der Waals surface area contributed by atoms with Crippen LogP contribution in [0.1, 0.15) is 18.4 Å². The van der Waals surface area contributed by atoms with E-state index in [2.05, 4.69) is 20.9 Å². The summed E-state index contributed by atoms with van der Waals surface area (Å²) in [7, 11) is 6.67. The Morgan fingerprint density at radius 1 is 1.14 bits per heavy atom. The first kappa shape index (κ1) is 30.5. The minimum atomic E-state index is -0.684. The Bertz CT molecular complexity index is 928. The van der Waals surface area contributed by atoms with E-state index in [1.54, 1.807) is 36.2 Å². The molecule has 1 saturated heterocycles. The molecule has 4 amide bonds. The molecule has 13 nitrogen and oxygen atoms in total. The van der Waals surface area contributed by atoms with Gasteiger partial charge in [-0.05, 0) is 44.8 Å². The molecule has 0 saturated carbocycles. The van der Waals surface area contributed by atoms with Crippen LogP contribution in [0.2, 0.25) is 0 Å². The number of hydrogen-bond donors (Lipinski definition) is 4. The Morgan fingerprint density at radius 3 is 2.42 bits per heavy atom. The summed E-state index contributed by atoms with van der Waals surface area (Å²) in [6, 6.07) is 5.38. The monoisotopic (exact) mass is 527 g/mol. The zero-order chi connectivity index (χ0) is 26.0. The van der Waals surface area contributed by atoms with Crippen LogP contribution in [0.15, 0.2) is 24.3 Å². The van der Waals surface area contributed by atoms with Crippen molar-refractivity contribution in [2.75, 3.05) is 59.3 Å². The Labute approximate surface area is 216 Å². The molecule has 0 bridgehead atoms. The van der Waals surface area contributed by atoms with Gasteiger partial charge in [0.1, 0.15) is 6.04 Å². The number of anilines is 1. The van der Waals surface area contributed by atoms with E-state index in [0.717, 1.165) is 0 Å². The number of benzene rings is 1. The molecule has 14 heteroatoms. The average molecular weight is 528 g/mol. The number of ether oxygens (including phenoxy) is 1. The topological polar surface area (TPSA) is 156 Å². The zero-order valence-electron chi connectivity index (χ0n) is 20.8. The quantitative estimate of drug-likeness (QED) is 0.157. The molecule has 0 aliphatic carbocycles. The first-order chi connectivity index (χ1) is 16.6. The lowest BCUT2D eigenvalue weighted by Gasteiger charge is -2.19. The van der Waals surface area contributed by atoms with Gasteiger partial charge in [0.25, 0.3) is 0 Å². The number of urea groups is 1. The van der Waals surface area contributed by atoms with E-state index in [1.165, 1.54) is 12.0 Å². The van der Waals surface area contributed by atoms with Crippen LogP contribution in [0.4, 0.5) is 15.3 Å². The summed E-state index contributed by atoms with van der Waals surface area (Å²) in [5, 5.41) is 13.2. The third-order valence-corrected chi connectivity index (χ3v) is 5.26. The molecule has 1 atom stereocenters. The predicted octanol–water partition coefficient (Wildman–Crippen LogP) is 0.536. The standard InChI is InChI=1S/C22H33N7O6.ClH/c1-27(2)13-14-28(3)22(33)35-26-19(23)15-5-7-16(8-6-15)29-12-10-17(20(29)31)25-21(32)24-11-9-18(30)34-4;/h5-8,17H,9-14H2,1-4H3,(H2,23,26)(H2,24,25,32);1H/t17-;/m0./s1. The number of nitrogens with one attached hydrogen (secondary N) is 4. The van der Waals surface area contributed by atoms with Gasteiger partial charge in [0.05, 0.1) is 13.5 Å². The molecule has 36 heavy (non-hydrogen) atoms. The summed E-state index contributed by atoms with van der Waals surface area (Å²) < 4.78 is 4.50. The second-order valence-corrected chi connectivity index (χ2v) is 8.17. The van der Waals surface area contributed by atoms with Gasteiger partial charge < -0.3 is 34.9 Å². The van der Waals surface area contributed by atoms with Crippen molar-refractivity contribution in [3.8, 4) is 0 Å². The highest BCUT2D eigenvalue weighted by Crippen LogP contribution is 2.22. The number of amidine groups is 1. The maximum atomic E-state index is 12.7. The Hall–Kier alpha value is -3.58. The SMILES string of the molecule is COC(=O)CCNC(=O)N[C@H]1CCN(c2ccc(C(=N)NOC(=O)N(C)CCN(C)C)cc2)C1=O.Cl. The number of carbonyl (C=O) groups is 4. The van der Waals surface area contributed by atoms with Crippen molar-refractivity contribution in [3.63, 3.8) is 0 Å². The first-order valence-corrected chi connectivity index (χ1v) is 11.1. The normalized spacial score (nSPS) is 14.5. The smallest absolute Gasteiger partial charge is 0.433 e. The van der Waals surface area contributed by atoms with Crippen LogP contribution < -0.4 is 21.0 Å². The van der Waals surface area contributed by atoms with Gasteiger partial charge in [0, 0.05) is 44.5 Å². The number of amides is 4. The molecule has 1 aliphatic heterocycles. The molecule has 1 aliphatic rings. The maximum absolute atomic E-state index is 12.7. The third-order valence-electron chi connectivity index (χ3n) is 5.26. The van der Waals surface area contributed by atoms with Gasteiger partial charge in [-0.15, -0.1) is 12.4 Å². The van der Waals surface area contributed by atoms with E-state index in [1.807, 2.05) is 19.0 Å². The van der Waals surface area contributed by atoms with Crippen molar-refractivity contribution in [3.05, 3.63) is 29.8 Å². The number of halogens is 1. The van der Waals surface area contributed by atoms with Gasteiger partial charge in [0.15, 0.2) is 5.84 Å². The van der Waals surface area contributed by atoms with E-state index in [-0.39, 0.29) is 37.1 Å². The Kier molecular flexibility index (Phi) is 12.5. The molecular weight excluding hydrogens is 494 g/mol. The second-order valence-electron chi connectivity index (χ2n) is 8.17. The molecule has 4 N–H and O–H groups in total. The number of rotatable bonds is 9. The fourth-order valence-electron chi connectivity index (χ4n) is 3.14. The molecule has 0 unspecified atom stereocenters. The van der Waals surface area contributed by atoms with Crippen molar-refractivity contribution in [1.29, 1.82) is 5.41 Å². The summed E-state index contributed by atoms with van der Waals surface area (Å²) >= 11 is 0. The van der Waals surface area contributed by atoms with E-state index >= 15 is 0 Å². The van der Waals surface area contributed by atoms with Gasteiger partial charge in [0.2, 0.25) is 5.91 Å². The summed E-state index contributed by atoms with van der Waals surface area (Å²) in [6.07, 6.45) is -0.138. The van der Waals surface area contributed by atoms with Gasteiger partial charge >= 0.3 is 18.1 Å². The van der Waals surface area contributed by atoms with Crippen molar-refractivity contribution in [2.45, 2.75) is 18.9 Å². The molecule has 2 rings (SSSR count). The average Bonchev–Trinajstić information content (AvgIpc) is 3.20. The van der Waals surface area contributed by atoms with E-state index < -0.39 is 24.1 Å². The molecular formula is C22H34ClN7O6. The number of nitrogens with zero attached hydrogens (tertiary/aromatic N) is 3. The van der Waals surface area contributed by atoms with Crippen LogP contribution in [-0.4, -0.2) is 100 Å². The summed E-state index contributed by atoms with van der Waals surface area (Å²) in [5.74, 6) is -0.809. The summed E-state index contributed by atoms with van der Waals surface area (Å²) in [4.78, 5) is 57.6. The van der Waals surface area contributed by atoms with E-state index in [0.29, 0.717) is 37.3 Å². The van der Waals surface area contributed by atoms with Crippen LogP contribution in [0.25, 0.3) is 0 Å². The summed E-state index contributed by atoms with van der Waals surface area (Å²) in [5.41, 5.74) is 3.41. The zero-order valence-corrected chi connectivity index (χ0v) is 21.6. The van der Waals surface area contributed by atoms with Gasteiger partial charge in [-0.2, -0.15) is 5.48 Å². The van der Waals surface area contributed by atoms with Gasteiger partial charge in [-0.25, -0.2) is 9.59 Å². The minimum Gasteiger partial charge on any atom is -0.469 e. The number of hydroxylamine groups is 1. The number of esters is 1. The molecule has 0 radical (unpaired) electrons. The summed E-state index contributed by atoms with van der Waals surface area (Å²) in [6.45, 7) is 1.67. The van der Waals surface area contributed by atoms with Crippen molar-refractivity contribution < 1.29 is 28.8 Å². The van der Waals surface area contributed by atoms with Crippen LogP contribution in [0.5, 0.6) is 0 Å². The lowest BCUT2D eigenvalue weighted by Crippen LogP contribution is -2.46. The Balaban J connectivity index is 0.00000648. The minimum absolute atomic E-state index is 0. The number of carbonyl (C=O) groups excluding carboxylic acids is 4. The van der Waals surface area contributed by atoms with Gasteiger partial charge in [-0.1, -0.05) is 0 Å². The number of hydrogen-bond acceptors (Lipinski definition) is 8. The van der Waals surface area contributed by atoms with Crippen molar-refractivity contribution in [2.24, 2.45) is 0 Å². The predicted molar refractivity (Wildman–Crippen MR) is 135 cm³/mol. The molecule has 0 aromatic heterocycles. The van der Waals surface area contributed by atoms with Crippen molar-refractivity contribution >= 4 is 47.9 Å². The van der Waals surface area contributed by atoms with Gasteiger partial charge in [-0.3, -0.25) is 15.0 Å². The van der Waals surface area contributed by atoms with Crippen molar-refractivity contribution in [1.82, 2.24) is 25.9 Å². The van der Waals surface area contributed by atoms with E-state index in [9.17, 15) is 19.2 Å². The second kappa shape index (κ2) is 14.7. The van der Waals surface area contributed by atoms with Crippen LogP contribution in [-0.2, 0) is 19.2 Å². The molecule has 200 valence electrons. The highest BCUT2D eigenvalue weighted by molar-refractivity contribution is 6.02. The largest absolute Gasteiger partial charge is 0.469 e. The Morgan fingerprint density at radius 2 is 1.81 bits per heavy atom. The molecule has 1 heterocycles. The van der Waals surface area contributed by atoms with Crippen LogP contribution in [0.3, 0.4) is 0 Å². The molecule has 1 fully saturated rings. The first-order valence-electron chi connectivity index (χ1n) is 11.1. The van der Waals surface area contributed by atoms with E-state index in [4.69, 9.17) is 10.2 Å². The molecule has 1 aromatic carbocycles. The lowest BCUT2D eigenvalue weighted by atomic mass is 10.2. The highest BCUT2D eigenvalue weighted by Gasteiger charge is 2.33.